The molecule has 0 N–H and O–H groups in total. The monoisotopic (exact) mass is 383 g/mol. The molecule has 0 spiro atoms. The quantitative estimate of drug-likeness (QED) is 0.677. The molecule has 3 rings (SSSR count). The lowest BCUT2D eigenvalue weighted by atomic mass is 10.1. The van der Waals surface area contributed by atoms with Gasteiger partial charge in [-0.05, 0) is 42.7 Å². The maximum atomic E-state index is 13.5. The van der Waals surface area contributed by atoms with E-state index in [4.69, 9.17) is 9.47 Å². The number of aryl methyl sites for hydroxylation is 1. The number of hydrogen-bond acceptors (Lipinski definition) is 4. The zero-order valence-electron chi connectivity index (χ0n) is 15.6. The number of carbonyl (C=O) groups is 2. The van der Waals surface area contributed by atoms with Crippen LogP contribution in [0.5, 0.6) is 5.75 Å². The predicted octanol–water partition coefficient (Wildman–Crippen LogP) is 4.05. The number of amides is 2. The van der Waals surface area contributed by atoms with Crippen LogP contribution in [0.15, 0.2) is 61.2 Å². The average Bonchev–Trinajstić information content (AvgIpc) is 3.04. The van der Waals surface area contributed by atoms with Gasteiger partial charge in [-0.3, -0.25) is 4.79 Å². The Balaban J connectivity index is 1.78. The Morgan fingerprint density at radius 1 is 1.36 bits per heavy atom. The van der Waals surface area contributed by atoms with Gasteiger partial charge >= 0.3 is 6.09 Å². The molecule has 2 aromatic rings. The van der Waals surface area contributed by atoms with Crippen molar-refractivity contribution in [2.45, 2.75) is 31.9 Å². The minimum Gasteiger partial charge on any atom is -0.480 e. The molecule has 0 aliphatic carbocycles. The third kappa shape index (κ3) is 4.39. The SMILES string of the molecule is C=CCC(Oc1ccc(F)c(C)c1)C(=O)N1C(=O)OCC1Cc1ccccc1. The fourth-order valence-electron chi connectivity index (χ4n) is 3.13. The number of hydrogen-bond donors (Lipinski definition) is 0. The number of ether oxygens (including phenoxy) is 2. The molecular weight excluding hydrogens is 361 g/mol. The number of cyclic esters (lactones) is 1. The zero-order chi connectivity index (χ0) is 20.1. The maximum Gasteiger partial charge on any atom is 0.417 e. The molecule has 146 valence electrons. The van der Waals surface area contributed by atoms with Crippen LogP contribution in [0.4, 0.5) is 9.18 Å². The smallest absolute Gasteiger partial charge is 0.417 e. The molecule has 0 bridgehead atoms. The highest BCUT2D eigenvalue weighted by atomic mass is 19.1. The Bertz CT molecular complexity index is 868. The Kier molecular flexibility index (Phi) is 6.09. The number of rotatable bonds is 7. The molecule has 2 aromatic carbocycles. The van der Waals surface area contributed by atoms with Crippen LogP contribution in [0.1, 0.15) is 17.5 Å². The summed E-state index contributed by atoms with van der Waals surface area (Å²) in [5.41, 5.74) is 1.41. The molecule has 2 unspecified atom stereocenters. The molecule has 5 nitrogen and oxygen atoms in total. The number of halogens is 1. The second kappa shape index (κ2) is 8.69. The summed E-state index contributed by atoms with van der Waals surface area (Å²) in [5.74, 6) is -0.499. The van der Waals surface area contributed by atoms with Gasteiger partial charge in [0.1, 0.15) is 18.2 Å². The fraction of sp³-hybridized carbons (Fsp3) is 0.273. The summed E-state index contributed by atoms with van der Waals surface area (Å²) in [6.07, 6.45) is 0.614. The summed E-state index contributed by atoms with van der Waals surface area (Å²) in [4.78, 5) is 26.4. The van der Waals surface area contributed by atoms with Crippen LogP contribution in [-0.4, -0.2) is 35.7 Å². The van der Waals surface area contributed by atoms with E-state index in [0.717, 1.165) is 10.5 Å². The van der Waals surface area contributed by atoms with Gasteiger partial charge in [-0.1, -0.05) is 36.4 Å². The summed E-state index contributed by atoms with van der Waals surface area (Å²) in [6.45, 7) is 5.41. The zero-order valence-corrected chi connectivity index (χ0v) is 15.6. The molecule has 0 aromatic heterocycles. The van der Waals surface area contributed by atoms with Gasteiger partial charge in [-0.15, -0.1) is 6.58 Å². The topological polar surface area (TPSA) is 55.8 Å². The number of carbonyl (C=O) groups excluding carboxylic acids is 2. The van der Waals surface area contributed by atoms with Gasteiger partial charge in [0.05, 0.1) is 6.04 Å². The van der Waals surface area contributed by atoms with Gasteiger partial charge in [-0.25, -0.2) is 14.1 Å². The van der Waals surface area contributed by atoms with Crippen LogP contribution in [0, 0.1) is 12.7 Å². The first-order valence-electron chi connectivity index (χ1n) is 9.07. The molecule has 2 amide bonds. The van der Waals surface area contributed by atoms with Crippen LogP contribution in [0.2, 0.25) is 0 Å². The molecule has 0 radical (unpaired) electrons. The Labute approximate surface area is 163 Å². The van der Waals surface area contributed by atoms with Gasteiger partial charge in [0.25, 0.3) is 5.91 Å². The largest absolute Gasteiger partial charge is 0.480 e. The predicted molar refractivity (Wildman–Crippen MR) is 102 cm³/mol. The normalized spacial score (nSPS) is 17.1. The van der Waals surface area contributed by atoms with Crippen LogP contribution in [-0.2, 0) is 16.0 Å². The third-order valence-corrected chi connectivity index (χ3v) is 4.58. The van der Waals surface area contributed by atoms with E-state index in [1.165, 1.54) is 18.2 Å². The lowest BCUT2D eigenvalue weighted by molar-refractivity contribution is -0.136. The van der Waals surface area contributed by atoms with Crippen LogP contribution in [0.25, 0.3) is 0 Å². The van der Waals surface area contributed by atoms with Crippen molar-refractivity contribution in [3.63, 3.8) is 0 Å². The van der Waals surface area contributed by atoms with E-state index in [1.54, 1.807) is 13.0 Å². The Morgan fingerprint density at radius 2 is 2.11 bits per heavy atom. The molecule has 1 aliphatic rings. The lowest BCUT2D eigenvalue weighted by Gasteiger charge is -2.25. The molecule has 2 atom stereocenters. The van der Waals surface area contributed by atoms with Crippen LogP contribution in [0.3, 0.4) is 0 Å². The third-order valence-electron chi connectivity index (χ3n) is 4.58. The van der Waals surface area contributed by atoms with Gasteiger partial charge < -0.3 is 9.47 Å². The van der Waals surface area contributed by atoms with Gasteiger partial charge in [0.2, 0.25) is 0 Å². The number of nitrogens with zero attached hydrogens (tertiary/aromatic N) is 1. The minimum atomic E-state index is -0.953. The Morgan fingerprint density at radius 3 is 2.79 bits per heavy atom. The summed E-state index contributed by atoms with van der Waals surface area (Å²) >= 11 is 0. The number of benzene rings is 2. The molecule has 1 fully saturated rings. The second-order valence-corrected chi connectivity index (χ2v) is 6.67. The summed E-state index contributed by atoms with van der Waals surface area (Å²) in [6, 6.07) is 13.4. The molecule has 1 aliphatic heterocycles. The first-order chi connectivity index (χ1) is 13.5. The van der Waals surface area contributed by atoms with Crippen molar-refractivity contribution in [1.29, 1.82) is 0 Å². The van der Waals surface area contributed by atoms with E-state index in [9.17, 15) is 14.0 Å². The maximum absolute atomic E-state index is 13.5. The molecule has 0 saturated carbocycles. The van der Waals surface area contributed by atoms with Crippen molar-refractivity contribution in [2.75, 3.05) is 6.61 Å². The average molecular weight is 383 g/mol. The van der Waals surface area contributed by atoms with E-state index in [1.807, 2.05) is 30.3 Å². The highest BCUT2D eigenvalue weighted by molar-refractivity contribution is 5.96. The molecular formula is C22H22FNO4. The molecule has 6 heteroatoms. The van der Waals surface area contributed by atoms with E-state index in [-0.39, 0.29) is 18.8 Å². The van der Waals surface area contributed by atoms with Crippen molar-refractivity contribution >= 4 is 12.0 Å². The standard InChI is InChI=1S/C22H22FNO4/c1-3-7-20(28-18-10-11-19(23)15(2)12-18)21(25)24-17(14-27-22(24)26)13-16-8-5-4-6-9-16/h3-6,8-12,17,20H,1,7,13-14H2,2H3. The lowest BCUT2D eigenvalue weighted by Crippen LogP contribution is -2.47. The fourth-order valence-corrected chi connectivity index (χ4v) is 3.13. The minimum absolute atomic E-state index is 0.135. The van der Waals surface area contributed by atoms with Gasteiger partial charge in [-0.2, -0.15) is 0 Å². The van der Waals surface area contributed by atoms with Crippen LogP contribution < -0.4 is 4.74 Å². The van der Waals surface area contributed by atoms with Gasteiger partial charge in [0.15, 0.2) is 6.10 Å². The summed E-state index contributed by atoms with van der Waals surface area (Å²) in [7, 11) is 0. The van der Waals surface area contributed by atoms with Crippen molar-refractivity contribution in [3.8, 4) is 5.75 Å². The van der Waals surface area contributed by atoms with E-state index in [2.05, 4.69) is 6.58 Å². The van der Waals surface area contributed by atoms with E-state index < -0.39 is 24.1 Å². The molecule has 1 heterocycles. The highest BCUT2D eigenvalue weighted by Gasteiger charge is 2.41. The summed E-state index contributed by atoms with van der Waals surface area (Å²) in [5, 5.41) is 0. The van der Waals surface area contributed by atoms with E-state index >= 15 is 0 Å². The van der Waals surface area contributed by atoms with Crippen molar-refractivity contribution in [2.24, 2.45) is 0 Å². The molecule has 1 saturated heterocycles. The van der Waals surface area contributed by atoms with Gasteiger partial charge in [0, 0.05) is 6.42 Å². The van der Waals surface area contributed by atoms with Crippen molar-refractivity contribution in [3.05, 3.63) is 78.1 Å². The number of imide groups is 1. The first-order valence-corrected chi connectivity index (χ1v) is 9.07. The summed E-state index contributed by atoms with van der Waals surface area (Å²) < 4.78 is 24.4. The Hall–Kier alpha value is -3.15. The highest BCUT2D eigenvalue weighted by Crippen LogP contribution is 2.23. The second-order valence-electron chi connectivity index (χ2n) is 6.67. The van der Waals surface area contributed by atoms with Crippen molar-refractivity contribution in [1.82, 2.24) is 4.90 Å². The van der Waals surface area contributed by atoms with Crippen molar-refractivity contribution < 1.29 is 23.5 Å². The van der Waals surface area contributed by atoms with E-state index in [0.29, 0.717) is 17.7 Å². The molecule has 28 heavy (non-hydrogen) atoms. The van der Waals surface area contributed by atoms with Crippen LogP contribution >= 0.6 is 0 Å². The first kappa shape index (κ1) is 19.6.